The summed E-state index contributed by atoms with van der Waals surface area (Å²) in [5.41, 5.74) is 0. The summed E-state index contributed by atoms with van der Waals surface area (Å²) in [6.45, 7) is 3.41. The molecule has 0 aromatic heterocycles. The van der Waals surface area contributed by atoms with E-state index in [1.54, 1.807) is 14.2 Å². The molecule has 1 amide bonds. The van der Waals surface area contributed by atoms with Gasteiger partial charge in [-0.3, -0.25) is 4.79 Å². The molecule has 0 spiro atoms. The summed E-state index contributed by atoms with van der Waals surface area (Å²) in [6.07, 6.45) is 4.82. The van der Waals surface area contributed by atoms with Gasteiger partial charge in [-0.25, -0.2) is 0 Å². The molecule has 0 radical (unpaired) electrons. The van der Waals surface area contributed by atoms with Gasteiger partial charge in [0.25, 0.3) is 0 Å². The van der Waals surface area contributed by atoms with Crippen LogP contribution in [-0.4, -0.2) is 58.3 Å². The molecule has 7 heteroatoms. The maximum absolute atomic E-state index is 12.3. The molecule has 1 N–H and O–H groups in total. The fourth-order valence-corrected chi connectivity index (χ4v) is 3.17. The third-order valence-electron chi connectivity index (χ3n) is 4.88. The molecule has 0 atom stereocenters. The van der Waals surface area contributed by atoms with Crippen molar-refractivity contribution in [3.63, 3.8) is 0 Å². The summed E-state index contributed by atoms with van der Waals surface area (Å²) in [6, 6.07) is 5.47. The largest absolute Gasteiger partial charge is 0.496 e. The summed E-state index contributed by atoms with van der Waals surface area (Å²) in [5, 5.41) is 3.36. The van der Waals surface area contributed by atoms with Gasteiger partial charge >= 0.3 is 0 Å². The second-order valence-electron chi connectivity index (χ2n) is 6.80. The molecule has 1 heterocycles. The van der Waals surface area contributed by atoms with Gasteiger partial charge in [-0.1, -0.05) is 0 Å². The zero-order valence-electron chi connectivity index (χ0n) is 16.7. The van der Waals surface area contributed by atoms with Crippen LogP contribution in [0.2, 0.25) is 0 Å². The van der Waals surface area contributed by atoms with Crippen LogP contribution in [0.25, 0.3) is 0 Å². The Morgan fingerprint density at radius 1 is 1.11 bits per heavy atom. The second kappa shape index (κ2) is 12.7. The topological polar surface area (TPSA) is 60.0 Å². The highest BCUT2D eigenvalue weighted by molar-refractivity contribution is 5.85. The van der Waals surface area contributed by atoms with E-state index in [4.69, 9.17) is 14.2 Å². The van der Waals surface area contributed by atoms with Gasteiger partial charge in [0, 0.05) is 38.2 Å². The van der Waals surface area contributed by atoms with E-state index >= 15 is 0 Å². The molecule has 1 aromatic rings. The van der Waals surface area contributed by atoms with Gasteiger partial charge in [-0.05, 0) is 44.7 Å². The minimum atomic E-state index is 0. The van der Waals surface area contributed by atoms with Crippen LogP contribution in [0, 0.1) is 5.92 Å². The van der Waals surface area contributed by atoms with Crippen molar-refractivity contribution in [2.45, 2.75) is 32.1 Å². The van der Waals surface area contributed by atoms with E-state index in [2.05, 4.69) is 5.32 Å². The summed E-state index contributed by atoms with van der Waals surface area (Å²) in [5.74, 6) is 3.03. The Kier molecular flexibility index (Phi) is 11.0. The number of piperidine rings is 1. The highest BCUT2D eigenvalue weighted by Gasteiger charge is 2.16. The van der Waals surface area contributed by atoms with Gasteiger partial charge in [0.05, 0.1) is 20.8 Å². The number of ether oxygens (including phenoxy) is 3. The second-order valence-corrected chi connectivity index (χ2v) is 6.80. The Morgan fingerprint density at radius 2 is 1.70 bits per heavy atom. The first-order valence-electron chi connectivity index (χ1n) is 9.43. The quantitative estimate of drug-likeness (QED) is 0.611. The molecule has 0 unspecified atom stereocenters. The number of nitrogens with zero attached hydrogens (tertiary/aromatic N) is 1. The van der Waals surface area contributed by atoms with Crippen molar-refractivity contribution in [1.29, 1.82) is 0 Å². The van der Waals surface area contributed by atoms with Crippen LogP contribution in [0.15, 0.2) is 18.2 Å². The predicted molar refractivity (Wildman–Crippen MR) is 109 cm³/mol. The molecule has 2 rings (SSSR count). The van der Waals surface area contributed by atoms with Crippen molar-refractivity contribution in [2.24, 2.45) is 5.92 Å². The summed E-state index contributed by atoms with van der Waals surface area (Å²) in [4.78, 5) is 14.1. The molecule has 1 saturated heterocycles. The summed E-state index contributed by atoms with van der Waals surface area (Å²) < 4.78 is 16.2. The number of methoxy groups -OCH3 is 2. The van der Waals surface area contributed by atoms with E-state index in [0.717, 1.165) is 25.9 Å². The van der Waals surface area contributed by atoms with Crippen molar-refractivity contribution in [2.75, 3.05) is 47.5 Å². The van der Waals surface area contributed by atoms with Crippen LogP contribution >= 0.6 is 12.4 Å². The van der Waals surface area contributed by atoms with Crippen LogP contribution in [0.4, 0.5) is 0 Å². The monoisotopic (exact) mass is 400 g/mol. The van der Waals surface area contributed by atoms with Crippen molar-refractivity contribution in [3.8, 4) is 17.2 Å². The molecule has 6 nitrogen and oxygen atoms in total. The van der Waals surface area contributed by atoms with E-state index in [0.29, 0.717) is 42.7 Å². The normalized spacial score (nSPS) is 14.2. The van der Waals surface area contributed by atoms with E-state index in [9.17, 15) is 4.79 Å². The molecule has 0 aliphatic carbocycles. The Bertz CT molecular complexity index is 543. The van der Waals surface area contributed by atoms with Gasteiger partial charge in [0.1, 0.15) is 17.2 Å². The number of halogens is 1. The van der Waals surface area contributed by atoms with Crippen molar-refractivity contribution < 1.29 is 19.0 Å². The van der Waals surface area contributed by atoms with Gasteiger partial charge in [0.15, 0.2) is 0 Å². The molecular formula is C20H33ClN2O4. The smallest absolute Gasteiger partial charge is 0.222 e. The van der Waals surface area contributed by atoms with Gasteiger partial charge in [0.2, 0.25) is 5.91 Å². The molecule has 1 fully saturated rings. The average Bonchev–Trinajstić information content (AvgIpc) is 2.69. The molecule has 27 heavy (non-hydrogen) atoms. The molecule has 0 saturated carbocycles. The van der Waals surface area contributed by atoms with Crippen LogP contribution in [0.5, 0.6) is 17.2 Å². The van der Waals surface area contributed by atoms with Crippen LogP contribution < -0.4 is 19.5 Å². The van der Waals surface area contributed by atoms with Crippen molar-refractivity contribution in [3.05, 3.63) is 18.2 Å². The number of hydrogen-bond donors (Lipinski definition) is 1. The van der Waals surface area contributed by atoms with Crippen LogP contribution in [-0.2, 0) is 4.79 Å². The Hall–Kier alpha value is -1.66. The van der Waals surface area contributed by atoms with Crippen molar-refractivity contribution in [1.82, 2.24) is 10.2 Å². The molecule has 1 aliphatic heterocycles. The standard InChI is InChI=1S/C20H32N2O4.ClH/c1-22(20(23)6-5-16-7-9-21-10-8-16)11-4-12-26-19-14-17(24-2)13-18(15-19)25-3;/h13-16,21H,4-12H2,1-3H3;1H. The van der Waals surface area contributed by atoms with Crippen LogP contribution in [0.1, 0.15) is 32.1 Å². The zero-order chi connectivity index (χ0) is 18.8. The molecule has 1 aromatic carbocycles. The Morgan fingerprint density at radius 3 is 2.30 bits per heavy atom. The van der Waals surface area contributed by atoms with Gasteiger partial charge in [-0.2, -0.15) is 0 Å². The van der Waals surface area contributed by atoms with E-state index in [1.165, 1.54) is 12.8 Å². The third kappa shape index (κ3) is 8.26. The molecular weight excluding hydrogens is 368 g/mol. The number of benzene rings is 1. The van der Waals surface area contributed by atoms with Crippen LogP contribution in [0.3, 0.4) is 0 Å². The van der Waals surface area contributed by atoms with E-state index in [-0.39, 0.29) is 18.3 Å². The zero-order valence-corrected chi connectivity index (χ0v) is 17.5. The number of rotatable bonds is 10. The molecule has 154 valence electrons. The highest BCUT2D eigenvalue weighted by Crippen LogP contribution is 2.27. The molecule has 1 aliphatic rings. The maximum atomic E-state index is 12.3. The average molecular weight is 401 g/mol. The fourth-order valence-electron chi connectivity index (χ4n) is 3.17. The fraction of sp³-hybridized carbons (Fsp3) is 0.650. The lowest BCUT2D eigenvalue weighted by atomic mass is 9.93. The highest BCUT2D eigenvalue weighted by atomic mass is 35.5. The Balaban J connectivity index is 0.00000364. The van der Waals surface area contributed by atoms with E-state index < -0.39 is 0 Å². The van der Waals surface area contributed by atoms with Crippen molar-refractivity contribution >= 4 is 18.3 Å². The SMILES string of the molecule is COc1cc(OC)cc(OCCCN(C)C(=O)CCC2CCNCC2)c1.Cl. The summed E-state index contributed by atoms with van der Waals surface area (Å²) >= 11 is 0. The number of hydrogen-bond acceptors (Lipinski definition) is 5. The maximum Gasteiger partial charge on any atom is 0.222 e. The lowest BCUT2D eigenvalue weighted by Gasteiger charge is -2.23. The number of carbonyl (C=O) groups is 1. The van der Waals surface area contributed by atoms with Gasteiger partial charge < -0.3 is 24.4 Å². The first-order valence-corrected chi connectivity index (χ1v) is 9.43. The lowest BCUT2D eigenvalue weighted by Crippen LogP contribution is -2.31. The van der Waals surface area contributed by atoms with E-state index in [1.807, 2.05) is 30.1 Å². The first kappa shape index (κ1) is 23.4. The Labute approximate surface area is 168 Å². The number of amides is 1. The minimum Gasteiger partial charge on any atom is -0.496 e. The third-order valence-corrected chi connectivity index (χ3v) is 4.88. The molecule has 0 bridgehead atoms. The minimum absolute atomic E-state index is 0. The number of carbonyl (C=O) groups excluding carboxylic acids is 1. The lowest BCUT2D eigenvalue weighted by molar-refractivity contribution is -0.130. The predicted octanol–water partition coefficient (Wildman–Crippen LogP) is 3.13. The number of nitrogens with one attached hydrogen (secondary N) is 1. The summed E-state index contributed by atoms with van der Waals surface area (Å²) in [7, 11) is 5.10. The van der Waals surface area contributed by atoms with Gasteiger partial charge in [-0.15, -0.1) is 12.4 Å². The first-order chi connectivity index (χ1) is 12.6.